The molecule has 1 saturated heterocycles. The number of nitrogens with zero attached hydrogens (tertiary/aromatic N) is 1. The van der Waals surface area contributed by atoms with Gasteiger partial charge in [0, 0.05) is 23.8 Å². The predicted octanol–water partition coefficient (Wildman–Crippen LogP) is 4.47. The number of anilines is 2. The fraction of sp³-hybridized carbons (Fsp3) is 0.250. The molecule has 1 unspecified atom stereocenters. The lowest BCUT2D eigenvalue weighted by Crippen LogP contribution is -2.49. The van der Waals surface area contributed by atoms with Crippen molar-refractivity contribution in [3.8, 4) is 0 Å². The third kappa shape index (κ3) is 3.33. The Morgan fingerprint density at radius 1 is 1.20 bits per heavy atom. The first kappa shape index (κ1) is 16.3. The van der Waals surface area contributed by atoms with E-state index >= 15 is 0 Å². The van der Waals surface area contributed by atoms with E-state index in [1.54, 1.807) is 6.20 Å². The molecule has 0 saturated carbocycles. The van der Waals surface area contributed by atoms with E-state index < -0.39 is 0 Å². The number of pyridine rings is 1. The zero-order valence-electron chi connectivity index (χ0n) is 14.1. The van der Waals surface area contributed by atoms with Gasteiger partial charge in [-0.15, -0.1) is 0 Å². The third-order valence-electron chi connectivity index (χ3n) is 4.61. The second-order valence-electron chi connectivity index (χ2n) is 6.55. The summed E-state index contributed by atoms with van der Waals surface area (Å²) in [6, 6.07) is 16.4. The molecule has 0 aliphatic carbocycles. The number of aromatic nitrogens is 1. The van der Waals surface area contributed by atoms with Crippen molar-refractivity contribution >= 4 is 33.9 Å². The minimum atomic E-state index is -0.166. The van der Waals surface area contributed by atoms with Crippen molar-refractivity contribution in [3.05, 3.63) is 65.3 Å². The Labute approximate surface area is 152 Å². The van der Waals surface area contributed by atoms with Gasteiger partial charge in [-0.05, 0) is 36.8 Å². The van der Waals surface area contributed by atoms with E-state index in [9.17, 15) is 0 Å². The van der Waals surface area contributed by atoms with Crippen LogP contribution in [-0.4, -0.2) is 24.7 Å². The maximum atomic E-state index is 6.05. The Morgan fingerprint density at radius 3 is 2.92 bits per heavy atom. The fourth-order valence-corrected chi connectivity index (χ4v) is 3.41. The van der Waals surface area contributed by atoms with E-state index in [-0.39, 0.29) is 5.54 Å². The molecule has 1 aliphatic rings. The highest BCUT2D eigenvalue weighted by Gasteiger charge is 2.29. The Kier molecular flexibility index (Phi) is 4.34. The molecule has 1 aliphatic heterocycles. The summed E-state index contributed by atoms with van der Waals surface area (Å²) in [5, 5.41) is 8.71. The SMILES string of the molecule is CC1(c2cccc(Nc3cccc4cc(Cl)cnc34)c2)COCCN1. The van der Waals surface area contributed by atoms with Gasteiger partial charge in [-0.25, -0.2) is 0 Å². The maximum Gasteiger partial charge on any atom is 0.0937 e. The van der Waals surface area contributed by atoms with Crippen LogP contribution in [-0.2, 0) is 10.3 Å². The fourth-order valence-electron chi connectivity index (χ4n) is 3.24. The van der Waals surface area contributed by atoms with Crippen LogP contribution in [0.3, 0.4) is 0 Å². The summed E-state index contributed by atoms with van der Waals surface area (Å²) in [7, 11) is 0. The Morgan fingerprint density at radius 2 is 2.08 bits per heavy atom. The molecule has 0 amide bonds. The number of rotatable bonds is 3. The van der Waals surface area contributed by atoms with Gasteiger partial charge in [0.1, 0.15) is 0 Å². The maximum absolute atomic E-state index is 6.05. The average Bonchev–Trinajstić information content (AvgIpc) is 2.62. The van der Waals surface area contributed by atoms with Crippen LogP contribution in [0.1, 0.15) is 12.5 Å². The van der Waals surface area contributed by atoms with Gasteiger partial charge < -0.3 is 15.4 Å². The molecule has 3 aromatic rings. The lowest BCUT2D eigenvalue weighted by molar-refractivity contribution is 0.0339. The summed E-state index contributed by atoms with van der Waals surface area (Å²) in [5.41, 5.74) is 3.93. The topological polar surface area (TPSA) is 46.2 Å². The largest absolute Gasteiger partial charge is 0.378 e. The summed E-state index contributed by atoms with van der Waals surface area (Å²) >= 11 is 6.05. The van der Waals surface area contributed by atoms with Crippen molar-refractivity contribution in [1.82, 2.24) is 10.3 Å². The van der Waals surface area contributed by atoms with Crippen molar-refractivity contribution < 1.29 is 4.74 Å². The molecule has 4 nitrogen and oxygen atoms in total. The van der Waals surface area contributed by atoms with Crippen molar-refractivity contribution in [2.45, 2.75) is 12.5 Å². The summed E-state index contributed by atoms with van der Waals surface area (Å²) in [6.45, 7) is 4.47. The molecule has 0 bridgehead atoms. The molecule has 25 heavy (non-hydrogen) atoms. The number of hydrogen-bond donors (Lipinski definition) is 2. The van der Waals surface area contributed by atoms with Crippen LogP contribution in [0.15, 0.2) is 54.7 Å². The van der Waals surface area contributed by atoms with Crippen LogP contribution >= 0.6 is 11.6 Å². The predicted molar refractivity (Wildman–Crippen MR) is 103 cm³/mol. The number of morpholine rings is 1. The van der Waals surface area contributed by atoms with Gasteiger partial charge in [0.15, 0.2) is 0 Å². The molecule has 5 heteroatoms. The molecular weight excluding hydrogens is 334 g/mol. The first-order valence-electron chi connectivity index (χ1n) is 8.39. The van der Waals surface area contributed by atoms with Gasteiger partial charge >= 0.3 is 0 Å². The third-order valence-corrected chi connectivity index (χ3v) is 4.82. The molecule has 2 aromatic carbocycles. The number of ether oxygens (including phenoxy) is 1. The molecule has 4 rings (SSSR count). The van der Waals surface area contributed by atoms with Crippen molar-refractivity contribution in [1.29, 1.82) is 0 Å². The Hall–Kier alpha value is -2.14. The summed E-state index contributed by atoms with van der Waals surface area (Å²) in [6.07, 6.45) is 1.68. The van der Waals surface area contributed by atoms with Gasteiger partial charge in [0.2, 0.25) is 0 Å². The Bertz CT molecular complexity index is 906. The molecule has 2 N–H and O–H groups in total. The van der Waals surface area contributed by atoms with Gasteiger partial charge in [0.25, 0.3) is 0 Å². The summed E-state index contributed by atoms with van der Waals surface area (Å²) < 4.78 is 5.66. The highest BCUT2D eigenvalue weighted by Crippen LogP contribution is 2.29. The molecule has 1 atom stereocenters. The van der Waals surface area contributed by atoms with Crippen molar-refractivity contribution in [3.63, 3.8) is 0 Å². The van der Waals surface area contributed by atoms with E-state index in [0.29, 0.717) is 11.6 Å². The number of benzene rings is 2. The standard InChI is InChI=1S/C20H20ClN3O/c1-20(13-25-9-8-23-20)15-5-3-6-17(11-15)24-18-7-2-4-14-10-16(21)12-22-19(14)18/h2-7,10-12,23-24H,8-9,13H2,1H3. The molecule has 0 radical (unpaired) electrons. The molecule has 2 heterocycles. The van der Waals surface area contributed by atoms with E-state index in [0.717, 1.165) is 35.4 Å². The van der Waals surface area contributed by atoms with Gasteiger partial charge in [-0.1, -0.05) is 35.9 Å². The van der Waals surface area contributed by atoms with Crippen molar-refractivity contribution in [2.75, 3.05) is 25.1 Å². The van der Waals surface area contributed by atoms with Crippen LogP contribution < -0.4 is 10.6 Å². The van der Waals surface area contributed by atoms with Gasteiger partial charge in [-0.3, -0.25) is 4.98 Å². The average molecular weight is 354 g/mol. The number of hydrogen-bond acceptors (Lipinski definition) is 4. The van der Waals surface area contributed by atoms with Crippen LogP contribution in [0.25, 0.3) is 10.9 Å². The smallest absolute Gasteiger partial charge is 0.0937 e. The molecule has 1 aromatic heterocycles. The van der Waals surface area contributed by atoms with Crippen LogP contribution in [0.2, 0.25) is 5.02 Å². The number of nitrogens with one attached hydrogen (secondary N) is 2. The van der Waals surface area contributed by atoms with Gasteiger partial charge in [-0.2, -0.15) is 0 Å². The molecule has 0 spiro atoms. The summed E-state index contributed by atoms with van der Waals surface area (Å²) in [5.74, 6) is 0. The van der Waals surface area contributed by atoms with Crippen LogP contribution in [0.4, 0.5) is 11.4 Å². The highest BCUT2D eigenvalue weighted by atomic mass is 35.5. The monoisotopic (exact) mass is 353 g/mol. The second kappa shape index (κ2) is 6.64. The molecule has 1 fully saturated rings. The zero-order chi connectivity index (χ0) is 17.3. The minimum absolute atomic E-state index is 0.166. The first-order chi connectivity index (χ1) is 12.1. The van der Waals surface area contributed by atoms with Crippen molar-refractivity contribution in [2.24, 2.45) is 0 Å². The van der Waals surface area contributed by atoms with Gasteiger partial charge in [0.05, 0.1) is 35.0 Å². The van der Waals surface area contributed by atoms with E-state index in [1.165, 1.54) is 5.56 Å². The lowest BCUT2D eigenvalue weighted by Gasteiger charge is -2.35. The van der Waals surface area contributed by atoms with E-state index in [4.69, 9.17) is 16.3 Å². The van der Waals surface area contributed by atoms with Crippen LogP contribution in [0, 0.1) is 0 Å². The lowest BCUT2D eigenvalue weighted by atomic mass is 9.91. The number of para-hydroxylation sites is 1. The minimum Gasteiger partial charge on any atom is -0.378 e. The van der Waals surface area contributed by atoms with Crippen LogP contribution in [0.5, 0.6) is 0 Å². The zero-order valence-corrected chi connectivity index (χ0v) is 14.8. The summed E-state index contributed by atoms with van der Waals surface area (Å²) in [4.78, 5) is 4.48. The quantitative estimate of drug-likeness (QED) is 0.729. The molecular formula is C20H20ClN3O. The number of fused-ring (bicyclic) bond motifs is 1. The first-order valence-corrected chi connectivity index (χ1v) is 8.76. The van der Waals surface area contributed by atoms with E-state index in [2.05, 4.69) is 46.8 Å². The van der Waals surface area contributed by atoms with E-state index in [1.807, 2.05) is 24.3 Å². The molecule has 128 valence electrons. The number of halogens is 1. The highest BCUT2D eigenvalue weighted by molar-refractivity contribution is 6.31. The second-order valence-corrected chi connectivity index (χ2v) is 6.98. The Balaban J connectivity index is 1.67. The normalized spacial score (nSPS) is 20.6.